The first-order valence-corrected chi connectivity index (χ1v) is 9.59. The van der Waals surface area contributed by atoms with Crippen LogP contribution in [0.25, 0.3) is 0 Å². The molecule has 1 aliphatic rings. The van der Waals surface area contributed by atoms with Crippen molar-refractivity contribution >= 4 is 40.6 Å². The number of methoxy groups -OCH3 is 1. The molecule has 2 aromatic rings. The minimum atomic E-state index is -0.405. The molecule has 0 saturated heterocycles. The van der Waals surface area contributed by atoms with Crippen molar-refractivity contribution in [3.63, 3.8) is 0 Å². The number of nitrogens with one attached hydrogen (secondary N) is 1. The van der Waals surface area contributed by atoms with Gasteiger partial charge in [-0.05, 0) is 49.0 Å². The van der Waals surface area contributed by atoms with Crippen LogP contribution in [0, 0.1) is 0 Å². The molecule has 28 heavy (non-hydrogen) atoms. The van der Waals surface area contributed by atoms with Crippen LogP contribution < -0.4 is 10.2 Å². The number of hydrogen-bond donors (Lipinski definition) is 1. The van der Waals surface area contributed by atoms with Crippen LogP contribution in [0.15, 0.2) is 65.9 Å². The number of benzene rings is 2. The number of hydrogen-bond acceptors (Lipinski definition) is 4. The third kappa shape index (κ3) is 4.35. The Bertz CT molecular complexity index is 884. The zero-order valence-corrected chi connectivity index (χ0v) is 17.2. The van der Waals surface area contributed by atoms with Gasteiger partial charge in [-0.3, -0.25) is 4.90 Å². The molecule has 7 heteroatoms. The minimum absolute atomic E-state index is 0.180. The number of carbonyl (C=O) groups is 1. The average Bonchev–Trinajstić information content (AvgIpc) is 2.69. The van der Waals surface area contributed by atoms with Gasteiger partial charge in [0.2, 0.25) is 0 Å². The Balaban J connectivity index is 2.04. The Hall–Kier alpha value is -2.41. The van der Waals surface area contributed by atoms with Crippen LogP contribution in [0.1, 0.15) is 18.5 Å². The van der Waals surface area contributed by atoms with Crippen LogP contribution in [0.5, 0.6) is 0 Å². The lowest BCUT2D eigenvalue weighted by molar-refractivity contribution is -0.140. The molecule has 1 N–H and O–H groups in total. The molecule has 0 spiro atoms. The van der Waals surface area contributed by atoms with Gasteiger partial charge in [0.1, 0.15) is 6.61 Å². The summed E-state index contributed by atoms with van der Waals surface area (Å²) in [7, 11) is 1.56. The van der Waals surface area contributed by atoms with E-state index in [0.717, 1.165) is 11.3 Å². The number of ether oxygens (including phenoxy) is 2. The number of esters is 1. The molecule has 0 radical (unpaired) electrons. The van der Waals surface area contributed by atoms with Gasteiger partial charge < -0.3 is 14.8 Å². The number of halogens is 1. The van der Waals surface area contributed by atoms with Gasteiger partial charge >= 0.3 is 5.97 Å². The summed E-state index contributed by atoms with van der Waals surface area (Å²) in [5.74, 6) is -0.405. The molecule has 2 aromatic carbocycles. The van der Waals surface area contributed by atoms with Gasteiger partial charge in [0.25, 0.3) is 0 Å². The monoisotopic (exact) mass is 416 g/mol. The van der Waals surface area contributed by atoms with E-state index in [9.17, 15) is 4.79 Å². The second-order valence-corrected chi connectivity index (χ2v) is 7.06. The fourth-order valence-corrected chi connectivity index (χ4v) is 3.59. The number of allylic oxidation sites excluding steroid dienone is 1. The Kier molecular flexibility index (Phi) is 6.67. The largest absolute Gasteiger partial charge is 0.460 e. The quantitative estimate of drug-likeness (QED) is 0.432. The Labute approximate surface area is 174 Å². The van der Waals surface area contributed by atoms with E-state index in [-0.39, 0.29) is 6.61 Å². The lowest BCUT2D eigenvalue weighted by Crippen LogP contribution is -2.48. The normalized spacial score (nSPS) is 16.8. The molecule has 0 bridgehead atoms. The predicted octanol–water partition coefficient (Wildman–Crippen LogP) is 4.24. The summed E-state index contributed by atoms with van der Waals surface area (Å²) in [6, 6.07) is 16.6. The summed E-state index contributed by atoms with van der Waals surface area (Å²) in [6.07, 6.45) is 0. The van der Waals surface area contributed by atoms with Crippen molar-refractivity contribution in [1.29, 1.82) is 0 Å². The van der Waals surface area contributed by atoms with Crippen LogP contribution in [0.3, 0.4) is 0 Å². The van der Waals surface area contributed by atoms with Crippen molar-refractivity contribution in [3.8, 4) is 0 Å². The van der Waals surface area contributed by atoms with E-state index in [1.165, 1.54) is 0 Å². The van der Waals surface area contributed by atoms with Gasteiger partial charge in [-0.2, -0.15) is 0 Å². The van der Waals surface area contributed by atoms with Crippen LogP contribution in [0.4, 0.5) is 5.69 Å². The molecule has 0 aliphatic carbocycles. The third-order valence-corrected chi connectivity index (χ3v) is 5.00. The molecular weight excluding hydrogens is 396 g/mol. The molecule has 0 amide bonds. The molecule has 146 valence electrons. The van der Waals surface area contributed by atoms with Gasteiger partial charge in [0.15, 0.2) is 5.11 Å². The van der Waals surface area contributed by atoms with Crippen molar-refractivity contribution in [1.82, 2.24) is 5.32 Å². The topological polar surface area (TPSA) is 50.8 Å². The second-order valence-electron chi connectivity index (χ2n) is 6.23. The van der Waals surface area contributed by atoms with E-state index in [1.54, 1.807) is 19.2 Å². The molecule has 3 rings (SSSR count). The highest BCUT2D eigenvalue weighted by atomic mass is 35.5. The third-order valence-electron chi connectivity index (χ3n) is 4.44. The lowest BCUT2D eigenvalue weighted by Gasteiger charge is -2.37. The maximum Gasteiger partial charge on any atom is 0.338 e. The maximum atomic E-state index is 12.9. The van der Waals surface area contributed by atoms with E-state index in [2.05, 4.69) is 5.32 Å². The molecule has 0 unspecified atom stereocenters. The predicted molar refractivity (Wildman–Crippen MR) is 114 cm³/mol. The molecular formula is C21H21ClN2O3S. The van der Waals surface area contributed by atoms with E-state index in [0.29, 0.717) is 28.0 Å². The summed E-state index contributed by atoms with van der Waals surface area (Å²) in [4.78, 5) is 14.8. The van der Waals surface area contributed by atoms with Crippen molar-refractivity contribution < 1.29 is 14.3 Å². The SMILES string of the molecule is COCCOC(=O)C1=C(C)N(c2ccc(Cl)cc2)C(=S)N[C@H]1c1ccccc1. The van der Waals surface area contributed by atoms with Crippen molar-refractivity contribution in [2.24, 2.45) is 0 Å². The summed E-state index contributed by atoms with van der Waals surface area (Å²) < 4.78 is 10.4. The molecule has 1 heterocycles. The number of anilines is 1. The van der Waals surface area contributed by atoms with Crippen LogP contribution in [-0.2, 0) is 14.3 Å². The Morgan fingerprint density at radius 1 is 1.14 bits per heavy atom. The smallest absolute Gasteiger partial charge is 0.338 e. The lowest BCUT2D eigenvalue weighted by atomic mass is 9.95. The number of thiocarbonyl (C=S) groups is 1. The van der Waals surface area contributed by atoms with E-state index in [4.69, 9.17) is 33.3 Å². The zero-order valence-electron chi connectivity index (χ0n) is 15.6. The minimum Gasteiger partial charge on any atom is -0.460 e. The first-order chi connectivity index (χ1) is 13.5. The highest BCUT2D eigenvalue weighted by Gasteiger charge is 2.35. The second kappa shape index (κ2) is 9.19. The highest BCUT2D eigenvalue weighted by Crippen LogP contribution is 2.34. The van der Waals surface area contributed by atoms with Gasteiger partial charge in [0, 0.05) is 23.5 Å². The number of carbonyl (C=O) groups excluding carboxylic acids is 1. The van der Waals surface area contributed by atoms with Gasteiger partial charge in [0.05, 0.1) is 18.2 Å². The van der Waals surface area contributed by atoms with Gasteiger partial charge in [-0.15, -0.1) is 0 Å². The van der Waals surface area contributed by atoms with Crippen LogP contribution in [-0.4, -0.2) is 31.4 Å². The average molecular weight is 417 g/mol. The molecule has 1 aliphatic heterocycles. The first-order valence-electron chi connectivity index (χ1n) is 8.81. The molecule has 0 aromatic heterocycles. The van der Waals surface area contributed by atoms with Crippen molar-refractivity contribution in [3.05, 3.63) is 76.5 Å². The molecule has 1 atom stereocenters. The molecule has 0 saturated carbocycles. The van der Waals surface area contributed by atoms with Crippen molar-refractivity contribution in [2.75, 3.05) is 25.2 Å². The number of rotatable bonds is 6. The Morgan fingerprint density at radius 2 is 1.82 bits per heavy atom. The van der Waals surface area contributed by atoms with E-state index in [1.807, 2.05) is 54.3 Å². The van der Waals surface area contributed by atoms with E-state index < -0.39 is 12.0 Å². The van der Waals surface area contributed by atoms with E-state index >= 15 is 0 Å². The summed E-state index contributed by atoms with van der Waals surface area (Å²) in [6.45, 7) is 2.38. The molecule has 0 fully saturated rings. The zero-order chi connectivity index (χ0) is 20.1. The summed E-state index contributed by atoms with van der Waals surface area (Å²) in [5, 5.41) is 4.41. The standard InChI is InChI=1S/C21H21ClN2O3S/c1-14-18(20(25)27-13-12-26-2)19(15-6-4-3-5-7-15)23-21(28)24(14)17-10-8-16(22)9-11-17/h3-11,19H,12-13H2,1-2H3,(H,23,28)/t19-/m0/s1. The van der Waals surface area contributed by atoms with Gasteiger partial charge in [-0.25, -0.2) is 4.79 Å². The van der Waals surface area contributed by atoms with Gasteiger partial charge in [-0.1, -0.05) is 41.9 Å². The summed E-state index contributed by atoms with van der Waals surface area (Å²) >= 11 is 11.6. The molecule has 5 nitrogen and oxygen atoms in total. The van der Waals surface area contributed by atoms with Crippen LogP contribution in [0.2, 0.25) is 5.02 Å². The Morgan fingerprint density at radius 3 is 2.46 bits per heavy atom. The number of nitrogens with zero attached hydrogens (tertiary/aromatic N) is 1. The fraction of sp³-hybridized carbons (Fsp3) is 0.238. The van der Waals surface area contributed by atoms with Crippen LogP contribution >= 0.6 is 23.8 Å². The maximum absolute atomic E-state index is 12.9. The van der Waals surface area contributed by atoms with Crippen molar-refractivity contribution in [2.45, 2.75) is 13.0 Å². The first kappa shape index (κ1) is 20.3. The fourth-order valence-electron chi connectivity index (χ4n) is 3.10. The summed E-state index contributed by atoms with van der Waals surface area (Å²) in [5.41, 5.74) is 2.96. The highest BCUT2D eigenvalue weighted by molar-refractivity contribution is 7.80.